The molecule has 1 fully saturated rings. The van der Waals surface area contributed by atoms with Gasteiger partial charge in [0.1, 0.15) is 11.3 Å². The Bertz CT molecular complexity index is 473. The molecule has 5 heteroatoms. The van der Waals surface area contributed by atoms with Crippen LogP contribution in [0.1, 0.15) is 32.6 Å². The fourth-order valence-corrected chi connectivity index (χ4v) is 2.81. The highest BCUT2D eigenvalue weighted by Gasteiger charge is 2.41. The molecule has 1 aliphatic rings. The Hall–Kier alpha value is -1.75. The minimum absolute atomic E-state index is 0.0852. The summed E-state index contributed by atoms with van der Waals surface area (Å²) in [6.45, 7) is 2.66. The number of carbonyl (C=O) groups excluding carboxylic acids is 1. The maximum absolute atomic E-state index is 12.0. The molecule has 1 amide bonds. The second-order valence-corrected chi connectivity index (χ2v) is 5.54. The van der Waals surface area contributed by atoms with Gasteiger partial charge in [0.05, 0.1) is 13.2 Å². The van der Waals surface area contributed by atoms with Crippen LogP contribution in [0.5, 0.6) is 5.75 Å². The molecule has 0 saturated carbocycles. The summed E-state index contributed by atoms with van der Waals surface area (Å²) in [7, 11) is 1.63. The summed E-state index contributed by atoms with van der Waals surface area (Å²) in [5.74, 6) is 0.465. The fourth-order valence-electron chi connectivity index (χ4n) is 2.81. The van der Waals surface area contributed by atoms with Crippen molar-refractivity contribution in [2.45, 2.75) is 44.2 Å². The highest BCUT2D eigenvalue weighted by Crippen LogP contribution is 2.31. The standard InChI is InChI=1S/C16H24N2O3/c1-3-4-14-11-16(15(17)19,9-10-21-14)18-12-5-7-13(20-2)8-6-12/h5-8,14,18H,3-4,9-11H2,1-2H3,(H2,17,19). The maximum Gasteiger partial charge on any atom is 0.243 e. The monoisotopic (exact) mass is 292 g/mol. The van der Waals surface area contributed by atoms with E-state index in [1.54, 1.807) is 7.11 Å². The third-order valence-electron chi connectivity index (χ3n) is 4.01. The van der Waals surface area contributed by atoms with Crippen LogP contribution in [0, 0.1) is 0 Å². The van der Waals surface area contributed by atoms with Gasteiger partial charge >= 0.3 is 0 Å². The van der Waals surface area contributed by atoms with E-state index in [4.69, 9.17) is 15.2 Å². The maximum atomic E-state index is 12.0. The van der Waals surface area contributed by atoms with Crippen LogP contribution in [-0.2, 0) is 9.53 Å². The number of rotatable bonds is 6. The van der Waals surface area contributed by atoms with Crippen LogP contribution in [0.3, 0.4) is 0 Å². The van der Waals surface area contributed by atoms with Crippen molar-refractivity contribution in [3.63, 3.8) is 0 Å². The first kappa shape index (κ1) is 15.6. The second-order valence-electron chi connectivity index (χ2n) is 5.54. The molecular weight excluding hydrogens is 268 g/mol. The van der Waals surface area contributed by atoms with Crippen LogP contribution < -0.4 is 15.8 Å². The van der Waals surface area contributed by atoms with Crippen molar-refractivity contribution in [3.8, 4) is 5.75 Å². The van der Waals surface area contributed by atoms with Crippen LogP contribution >= 0.6 is 0 Å². The Labute approximate surface area is 125 Å². The Morgan fingerprint density at radius 3 is 2.76 bits per heavy atom. The molecule has 0 aromatic heterocycles. The van der Waals surface area contributed by atoms with Gasteiger partial charge in [0, 0.05) is 25.1 Å². The number of carbonyl (C=O) groups is 1. The number of nitrogens with two attached hydrogens (primary N) is 1. The molecule has 1 aromatic carbocycles. The lowest BCUT2D eigenvalue weighted by molar-refractivity contribution is -0.127. The molecule has 1 heterocycles. The predicted octanol–water partition coefficient (Wildman–Crippen LogP) is 2.31. The summed E-state index contributed by atoms with van der Waals surface area (Å²) in [4.78, 5) is 12.0. The molecule has 5 nitrogen and oxygen atoms in total. The average molecular weight is 292 g/mol. The van der Waals surface area contributed by atoms with Crippen molar-refractivity contribution in [2.24, 2.45) is 5.73 Å². The van der Waals surface area contributed by atoms with E-state index >= 15 is 0 Å². The van der Waals surface area contributed by atoms with Crippen molar-refractivity contribution in [3.05, 3.63) is 24.3 Å². The van der Waals surface area contributed by atoms with E-state index in [9.17, 15) is 4.79 Å². The van der Waals surface area contributed by atoms with Gasteiger partial charge in [-0.05, 0) is 30.7 Å². The zero-order valence-corrected chi connectivity index (χ0v) is 12.7. The van der Waals surface area contributed by atoms with E-state index in [1.807, 2.05) is 24.3 Å². The van der Waals surface area contributed by atoms with Gasteiger partial charge in [0.15, 0.2) is 0 Å². The molecule has 1 aliphatic heterocycles. The van der Waals surface area contributed by atoms with Gasteiger partial charge in [-0.25, -0.2) is 0 Å². The molecule has 0 radical (unpaired) electrons. The number of methoxy groups -OCH3 is 1. The van der Waals surface area contributed by atoms with Crippen molar-refractivity contribution in [1.29, 1.82) is 0 Å². The average Bonchev–Trinajstić information content (AvgIpc) is 2.48. The van der Waals surface area contributed by atoms with Crippen LogP contribution in [0.25, 0.3) is 0 Å². The lowest BCUT2D eigenvalue weighted by Gasteiger charge is -2.39. The first-order valence-electron chi connectivity index (χ1n) is 7.43. The molecule has 2 atom stereocenters. The lowest BCUT2D eigenvalue weighted by atomic mass is 9.84. The molecule has 116 valence electrons. The van der Waals surface area contributed by atoms with E-state index < -0.39 is 5.54 Å². The number of nitrogens with one attached hydrogen (secondary N) is 1. The number of primary amides is 1. The van der Waals surface area contributed by atoms with E-state index in [0.717, 1.165) is 24.3 Å². The Morgan fingerprint density at radius 1 is 1.48 bits per heavy atom. The first-order valence-corrected chi connectivity index (χ1v) is 7.43. The third-order valence-corrected chi connectivity index (χ3v) is 4.01. The van der Waals surface area contributed by atoms with E-state index in [-0.39, 0.29) is 12.0 Å². The van der Waals surface area contributed by atoms with Crippen molar-refractivity contribution in [2.75, 3.05) is 19.0 Å². The number of anilines is 1. The highest BCUT2D eigenvalue weighted by atomic mass is 16.5. The minimum atomic E-state index is -0.729. The van der Waals surface area contributed by atoms with Crippen molar-refractivity contribution in [1.82, 2.24) is 0 Å². The molecule has 2 rings (SSSR count). The summed E-state index contributed by atoms with van der Waals surface area (Å²) in [5.41, 5.74) is 5.82. The van der Waals surface area contributed by atoms with Crippen LogP contribution in [0.2, 0.25) is 0 Å². The van der Waals surface area contributed by atoms with Crippen molar-refractivity contribution < 1.29 is 14.3 Å². The number of benzene rings is 1. The SMILES string of the molecule is CCCC1CC(Nc2ccc(OC)cc2)(C(N)=O)CCO1. The Kier molecular flexibility index (Phi) is 5.07. The molecule has 0 aliphatic carbocycles. The zero-order chi connectivity index (χ0) is 15.3. The predicted molar refractivity (Wildman–Crippen MR) is 82.4 cm³/mol. The molecule has 2 unspecified atom stereocenters. The van der Waals surface area contributed by atoms with Crippen LogP contribution in [-0.4, -0.2) is 31.3 Å². The van der Waals surface area contributed by atoms with E-state index in [1.165, 1.54) is 0 Å². The molecule has 21 heavy (non-hydrogen) atoms. The normalized spacial score (nSPS) is 25.3. The van der Waals surface area contributed by atoms with Crippen LogP contribution in [0.15, 0.2) is 24.3 Å². The number of hydrogen-bond acceptors (Lipinski definition) is 4. The van der Waals surface area contributed by atoms with Gasteiger partial charge in [-0.3, -0.25) is 4.79 Å². The van der Waals surface area contributed by atoms with E-state index in [2.05, 4.69) is 12.2 Å². The summed E-state index contributed by atoms with van der Waals surface area (Å²) >= 11 is 0. The van der Waals surface area contributed by atoms with Gasteiger partial charge in [-0.2, -0.15) is 0 Å². The second kappa shape index (κ2) is 6.80. The van der Waals surface area contributed by atoms with Crippen molar-refractivity contribution >= 4 is 11.6 Å². The Balaban J connectivity index is 2.15. The summed E-state index contributed by atoms with van der Waals surface area (Å²) in [6.07, 6.45) is 3.26. The molecule has 3 N–H and O–H groups in total. The van der Waals surface area contributed by atoms with Gasteiger partial charge in [-0.15, -0.1) is 0 Å². The smallest absolute Gasteiger partial charge is 0.243 e. The summed E-state index contributed by atoms with van der Waals surface area (Å²) < 4.78 is 10.9. The van der Waals surface area contributed by atoms with Crippen LogP contribution in [0.4, 0.5) is 5.69 Å². The third kappa shape index (κ3) is 3.67. The van der Waals surface area contributed by atoms with Gasteiger partial charge in [0.25, 0.3) is 0 Å². The first-order chi connectivity index (χ1) is 10.1. The molecule has 1 aromatic rings. The zero-order valence-electron chi connectivity index (χ0n) is 12.7. The van der Waals surface area contributed by atoms with Gasteiger partial charge in [0.2, 0.25) is 5.91 Å². The number of ether oxygens (including phenoxy) is 2. The largest absolute Gasteiger partial charge is 0.497 e. The number of hydrogen-bond donors (Lipinski definition) is 2. The molecule has 0 spiro atoms. The molecule has 0 bridgehead atoms. The number of amides is 1. The quantitative estimate of drug-likeness (QED) is 0.844. The lowest BCUT2D eigenvalue weighted by Crippen LogP contribution is -2.56. The fraction of sp³-hybridized carbons (Fsp3) is 0.562. The molecular formula is C16H24N2O3. The van der Waals surface area contributed by atoms with Gasteiger partial charge in [-0.1, -0.05) is 13.3 Å². The minimum Gasteiger partial charge on any atom is -0.497 e. The highest BCUT2D eigenvalue weighted by molar-refractivity contribution is 5.88. The van der Waals surface area contributed by atoms with E-state index in [0.29, 0.717) is 19.4 Å². The summed E-state index contributed by atoms with van der Waals surface area (Å²) in [5, 5.41) is 3.32. The summed E-state index contributed by atoms with van der Waals surface area (Å²) in [6, 6.07) is 7.52. The molecule has 1 saturated heterocycles. The topological polar surface area (TPSA) is 73.6 Å². The Morgan fingerprint density at radius 2 is 2.19 bits per heavy atom. The van der Waals surface area contributed by atoms with Gasteiger partial charge < -0.3 is 20.5 Å².